The van der Waals surface area contributed by atoms with Gasteiger partial charge in [0.2, 0.25) is 0 Å². The normalized spacial score (nSPS) is 29.4. The number of aliphatic carboxylic acids is 1. The molecular formula is C9H16FNO2. The molecule has 1 rings (SSSR count). The fourth-order valence-electron chi connectivity index (χ4n) is 2.16. The van der Waals surface area contributed by atoms with Crippen LogP contribution in [0.1, 0.15) is 26.2 Å². The summed E-state index contributed by atoms with van der Waals surface area (Å²) in [7, 11) is 0. The number of nitrogens with zero attached hydrogens (tertiary/aromatic N) is 1. The van der Waals surface area contributed by atoms with E-state index in [9.17, 15) is 9.18 Å². The molecule has 0 aromatic heterocycles. The van der Waals surface area contributed by atoms with Gasteiger partial charge in [0.25, 0.3) is 0 Å². The van der Waals surface area contributed by atoms with Gasteiger partial charge in [-0.05, 0) is 25.8 Å². The van der Waals surface area contributed by atoms with Crippen LogP contribution in [0.15, 0.2) is 0 Å². The molecule has 1 unspecified atom stereocenters. The third-order valence-corrected chi connectivity index (χ3v) is 2.96. The molecule has 0 amide bonds. The molecule has 0 spiro atoms. The molecule has 1 atom stereocenters. The number of halogens is 1. The lowest BCUT2D eigenvalue weighted by Gasteiger charge is -2.32. The highest BCUT2D eigenvalue weighted by Crippen LogP contribution is 2.32. The van der Waals surface area contributed by atoms with Gasteiger partial charge in [-0.25, -0.2) is 4.39 Å². The Hall–Kier alpha value is -0.640. The number of carbonyl (C=O) groups is 1. The second-order valence-electron chi connectivity index (χ2n) is 3.47. The Morgan fingerprint density at radius 3 is 2.85 bits per heavy atom. The van der Waals surface area contributed by atoms with Gasteiger partial charge >= 0.3 is 5.97 Å². The second kappa shape index (κ2) is 4.05. The molecule has 1 heterocycles. The Balaban J connectivity index is 2.77. The maximum absolute atomic E-state index is 12.2. The first kappa shape index (κ1) is 10.4. The summed E-state index contributed by atoms with van der Waals surface area (Å²) in [5.41, 5.74) is -0.786. The molecule has 0 radical (unpaired) electrons. The fraction of sp³-hybridized carbons (Fsp3) is 0.889. The van der Waals surface area contributed by atoms with E-state index < -0.39 is 18.2 Å². The van der Waals surface area contributed by atoms with Crippen LogP contribution in [0, 0.1) is 0 Å². The lowest BCUT2D eigenvalue weighted by Crippen LogP contribution is -2.50. The number of carboxylic acid groups (broad SMARTS) is 1. The molecule has 1 aliphatic heterocycles. The van der Waals surface area contributed by atoms with E-state index in [2.05, 4.69) is 0 Å². The van der Waals surface area contributed by atoms with Crippen molar-refractivity contribution in [2.75, 3.05) is 19.8 Å². The van der Waals surface area contributed by atoms with E-state index in [0.717, 1.165) is 6.42 Å². The SMILES string of the molecule is CCC1(C(=O)O)CCCN1CCF. The van der Waals surface area contributed by atoms with E-state index in [-0.39, 0.29) is 6.54 Å². The summed E-state index contributed by atoms with van der Waals surface area (Å²) >= 11 is 0. The molecule has 0 aliphatic carbocycles. The zero-order chi connectivity index (χ0) is 9.90. The van der Waals surface area contributed by atoms with Gasteiger partial charge in [0, 0.05) is 6.54 Å². The predicted molar refractivity (Wildman–Crippen MR) is 47.4 cm³/mol. The van der Waals surface area contributed by atoms with Gasteiger partial charge in [-0.3, -0.25) is 9.69 Å². The van der Waals surface area contributed by atoms with Gasteiger partial charge in [-0.1, -0.05) is 6.92 Å². The molecule has 76 valence electrons. The summed E-state index contributed by atoms with van der Waals surface area (Å²) < 4.78 is 12.2. The molecule has 0 aromatic rings. The fourth-order valence-corrected chi connectivity index (χ4v) is 2.16. The number of hydrogen-bond donors (Lipinski definition) is 1. The van der Waals surface area contributed by atoms with Gasteiger partial charge < -0.3 is 5.11 Å². The van der Waals surface area contributed by atoms with E-state index >= 15 is 0 Å². The first-order valence-electron chi connectivity index (χ1n) is 4.72. The molecule has 13 heavy (non-hydrogen) atoms. The summed E-state index contributed by atoms with van der Waals surface area (Å²) in [4.78, 5) is 12.8. The number of rotatable bonds is 4. The molecule has 3 nitrogen and oxygen atoms in total. The average molecular weight is 189 g/mol. The summed E-state index contributed by atoms with van der Waals surface area (Å²) in [5, 5.41) is 9.10. The standard InChI is InChI=1S/C9H16FNO2/c1-2-9(8(12)13)4-3-6-11(9)7-5-10/h2-7H2,1H3,(H,12,13). The van der Waals surface area contributed by atoms with Crippen LogP contribution in [0.3, 0.4) is 0 Å². The van der Waals surface area contributed by atoms with E-state index in [1.54, 1.807) is 4.90 Å². The van der Waals surface area contributed by atoms with Gasteiger partial charge in [0.15, 0.2) is 0 Å². The van der Waals surface area contributed by atoms with E-state index in [4.69, 9.17) is 5.11 Å². The van der Waals surface area contributed by atoms with Gasteiger partial charge in [-0.2, -0.15) is 0 Å². The minimum absolute atomic E-state index is 0.250. The maximum atomic E-state index is 12.2. The first-order chi connectivity index (χ1) is 6.17. The van der Waals surface area contributed by atoms with Gasteiger partial charge in [-0.15, -0.1) is 0 Å². The summed E-state index contributed by atoms with van der Waals surface area (Å²) in [6, 6.07) is 0. The topological polar surface area (TPSA) is 40.5 Å². The third kappa shape index (κ3) is 1.68. The van der Waals surface area contributed by atoms with Crippen molar-refractivity contribution in [1.82, 2.24) is 4.90 Å². The van der Waals surface area contributed by atoms with Crippen molar-refractivity contribution in [2.45, 2.75) is 31.7 Å². The van der Waals surface area contributed by atoms with Crippen molar-refractivity contribution >= 4 is 5.97 Å². The smallest absolute Gasteiger partial charge is 0.324 e. The van der Waals surface area contributed by atoms with Gasteiger partial charge in [0.05, 0.1) is 0 Å². The number of hydrogen-bond acceptors (Lipinski definition) is 2. The van der Waals surface area contributed by atoms with Crippen LogP contribution < -0.4 is 0 Å². The first-order valence-corrected chi connectivity index (χ1v) is 4.72. The lowest BCUT2D eigenvalue weighted by molar-refractivity contribution is -0.150. The summed E-state index contributed by atoms with van der Waals surface area (Å²) in [6.07, 6.45) is 2.07. The molecule has 1 saturated heterocycles. The number of alkyl halides is 1. The van der Waals surface area contributed by atoms with E-state index in [1.165, 1.54) is 0 Å². The summed E-state index contributed by atoms with van der Waals surface area (Å²) in [6.45, 7) is 2.35. The van der Waals surface area contributed by atoms with E-state index in [0.29, 0.717) is 19.4 Å². The van der Waals surface area contributed by atoms with Crippen LogP contribution in [0.5, 0.6) is 0 Å². The van der Waals surface area contributed by atoms with Crippen molar-refractivity contribution in [1.29, 1.82) is 0 Å². The highest BCUT2D eigenvalue weighted by atomic mass is 19.1. The van der Waals surface area contributed by atoms with Crippen molar-refractivity contribution in [2.24, 2.45) is 0 Å². The van der Waals surface area contributed by atoms with Crippen LogP contribution in [-0.4, -0.2) is 41.3 Å². The Morgan fingerprint density at radius 2 is 2.38 bits per heavy atom. The highest BCUT2D eigenvalue weighted by Gasteiger charge is 2.45. The molecular weight excluding hydrogens is 173 g/mol. The van der Waals surface area contributed by atoms with Crippen LogP contribution >= 0.6 is 0 Å². The Bertz CT molecular complexity index is 198. The van der Waals surface area contributed by atoms with Crippen LogP contribution in [0.4, 0.5) is 4.39 Å². The quantitative estimate of drug-likeness (QED) is 0.724. The van der Waals surface area contributed by atoms with Crippen LogP contribution in [-0.2, 0) is 4.79 Å². The summed E-state index contributed by atoms with van der Waals surface area (Å²) in [5.74, 6) is -0.805. The molecule has 1 aliphatic rings. The zero-order valence-electron chi connectivity index (χ0n) is 7.92. The van der Waals surface area contributed by atoms with Crippen molar-refractivity contribution in [3.05, 3.63) is 0 Å². The molecule has 1 N–H and O–H groups in total. The molecule has 0 aromatic carbocycles. The van der Waals surface area contributed by atoms with E-state index in [1.807, 2.05) is 6.92 Å². The van der Waals surface area contributed by atoms with Crippen molar-refractivity contribution < 1.29 is 14.3 Å². The van der Waals surface area contributed by atoms with Crippen LogP contribution in [0.2, 0.25) is 0 Å². The molecule has 1 fully saturated rings. The zero-order valence-corrected chi connectivity index (χ0v) is 7.92. The highest BCUT2D eigenvalue weighted by molar-refractivity contribution is 5.79. The van der Waals surface area contributed by atoms with Gasteiger partial charge in [0.1, 0.15) is 12.2 Å². The Labute approximate surface area is 77.5 Å². The predicted octanol–water partition coefficient (Wildman–Crippen LogP) is 1.29. The van der Waals surface area contributed by atoms with Crippen molar-refractivity contribution in [3.63, 3.8) is 0 Å². The maximum Gasteiger partial charge on any atom is 0.324 e. The Kier molecular flexibility index (Phi) is 3.25. The second-order valence-corrected chi connectivity index (χ2v) is 3.47. The number of likely N-dealkylation sites (tertiary alicyclic amines) is 1. The monoisotopic (exact) mass is 189 g/mol. The third-order valence-electron chi connectivity index (χ3n) is 2.96. The minimum Gasteiger partial charge on any atom is -0.480 e. The van der Waals surface area contributed by atoms with Crippen LogP contribution in [0.25, 0.3) is 0 Å². The van der Waals surface area contributed by atoms with Crippen molar-refractivity contribution in [3.8, 4) is 0 Å². The average Bonchev–Trinajstić information content (AvgIpc) is 2.49. The minimum atomic E-state index is -0.805. The lowest BCUT2D eigenvalue weighted by atomic mass is 9.93. The molecule has 4 heteroatoms. The Morgan fingerprint density at radius 1 is 1.69 bits per heavy atom. The number of carboxylic acids is 1. The largest absolute Gasteiger partial charge is 0.480 e. The molecule has 0 bridgehead atoms. The molecule has 0 saturated carbocycles.